The summed E-state index contributed by atoms with van der Waals surface area (Å²) in [7, 11) is 0. The van der Waals surface area contributed by atoms with E-state index in [1.807, 2.05) is 22.7 Å². The summed E-state index contributed by atoms with van der Waals surface area (Å²) in [4.78, 5) is 2.51. The Balaban J connectivity index is 1.18. The van der Waals surface area contributed by atoms with Crippen molar-refractivity contribution >= 4 is 90.9 Å². The molecule has 55 heavy (non-hydrogen) atoms. The molecule has 0 aliphatic carbocycles. The first-order chi connectivity index (χ1) is 27.2. The molecule has 0 saturated heterocycles. The number of hydrogen-bond acceptors (Lipinski definition) is 3. The van der Waals surface area contributed by atoms with Crippen molar-refractivity contribution in [3.63, 3.8) is 0 Å². The van der Waals surface area contributed by atoms with Crippen LogP contribution in [0.15, 0.2) is 200 Å². The molecule has 0 amide bonds. The van der Waals surface area contributed by atoms with Crippen LogP contribution in [0.4, 0.5) is 17.1 Å². The second kappa shape index (κ2) is 13.1. The Morgan fingerprint density at radius 1 is 0.309 bits per heavy atom. The lowest BCUT2D eigenvalue weighted by atomic mass is 9.95. The third kappa shape index (κ3) is 5.51. The fourth-order valence-electron chi connectivity index (χ4n) is 8.21. The van der Waals surface area contributed by atoms with E-state index in [-0.39, 0.29) is 0 Å². The fraction of sp³-hybridized carbons (Fsp3) is 0. The van der Waals surface area contributed by atoms with E-state index in [4.69, 9.17) is 0 Å². The van der Waals surface area contributed by atoms with Crippen molar-refractivity contribution < 1.29 is 0 Å². The van der Waals surface area contributed by atoms with Gasteiger partial charge in [0.1, 0.15) is 0 Å². The van der Waals surface area contributed by atoms with Crippen molar-refractivity contribution in [1.29, 1.82) is 0 Å². The van der Waals surface area contributed by atoms with Crippen LogP contribution in [0.2, 0.25) is 0 Å². The van der Waals surface area contributed by atoms with Gasteiger partial charge in [-0.25, -0.2) is 0 Å². The van der Waals surface area contributed by atoms with E-state index in [1.54, 1.807) is 0 Å². The maximum atomic E-state index is 2.51. The summed E-state index contributed by atoms with van der Waals surface area (Å²) >= 11 is 3.73. The maximum absolute atomic E-state index is 2.51. The van der Waals surface area contributed by atoms with E-state index in [1.165, 1.54) is 90.2 Å². The van der Waals surface area contributed by atoms with Crippen LogP contribution in [0, 0.1) is 0 Å². The average Bonchev–Trinajstić information content (AvgIpc) is 3.83. The zero-order chi connectivity index (χ0) is 36.3. The molecule has 2 aromatic heterocycles. The molecular formula is C52H33NS2. The molecule has 9 aromatic carbocycles. The zero-order valence-electron chi connectivity index (χ0n) is 29.8. The van der Waals surface area contributed by atoms with Gasteiger partial charge in [0.05, 0.1) is 11.4 Å². The summed E-state index contributed by atoms with van der Waals surface area (Å²) in [6, 6.07) is 73.7. The van der Waals surface area contributed by atoms with E-state index in [2.05, 4.69) is 205 Å². The fourth-order valence-corrected chi connectivity index (χ4v) is 10.4. The lowest BCUT2D eigenvalue weighted by molar-refractivity contribution is 1.30. The Morgan fingerprint density at radius 3 is 1.80 bits per heavy atom. The molecule has 0 spiro atoms. The van der Waals surface area contributed by atoms with E-state index < -0.39 is 0 Å². The molecule has 0 aliphatic rings. The van der Waals surface area contributed by atoms with E-state index in [9.17, 15) is 0 Å². The van der Waals surface area contributed by atoms with Crippen LogP contribution < -0.4 is 4.90 Å². The summed E-state index contributed by atoms with van der Waals surface area (Å²) in [6.07, 6.45) is 0. The first-order valence-corrected chi connectivity index (χ1v) is 20.3. The van der Waals surface area contributed by atoms with Crippen LogP contribution in [0.3, 0.4) is 0 Å². The first-order valence-electron chi connectivity index (χ1n) is 18.7. The Morgan fingerprint density at radius 2 is 0.909 bits per heavy atom. The van der Waals surface area contributed by atoms with Gasteiger partial charge < -0.3 is 4.90 Å². The normalized spacial score (nSPS) is 11.6. The molecule has 0 unspecified atom stereocenters. The molecule has 0 radical (unpaired) electrons. The summed E-state index contributed by atoms with van der Waals surface area (Å²) in [5.74, 6) is 0. The first kappa shape index (κ1) is 32.0. The topological polar surface area (TPSA) is 3.24 Å². The highest BCUT2D eigenvalue weighted by Gasteiger charge is 2.23. The van der Waals surface area contributed by atoms with Crippen LogP contribution >= 0.6 is 22.7 Å². The predicted octanol–water partition coefficient (Wildman–Crippen LogP) is 16.0. The molecule has 0 aliphatic heterocycles. The summed E-state index contributed by atoms with van der Waals surface area (Å²) in [5, 5.41) is 7.66. The minimum absolute atomic E-state index is 1.11. The van der Waals surface area contributed by atoms with Gasteiger partial charge in [-0.1, -0.05) is 140 Å². The predicted molar refractivity (Wildman–Crippen MR) is 241 cm³/mol. The van der Waals surface area contributed by atoms with E-state index in [0.717, 1.165) is 11.4 Å². The molecule has 11 rings (SSSR count). The largest absolute Gasteiger partial charge is 0.309 e. The van der Waals surface area contributed by atoms with Crippen molar-refractivity contribution in [2.45, 2.75) is 0 Å². The third-order valence-electron chi connectivity index (χ3n) is 10.8. The van der Waals surface area contributed by atoms with Crippen LogP contribution in [0.1, 0.15) is 0 Å². The highest BCUT2D eigenvalue weighted by atomic mass is 32.1. The van der Waals surface area contributed by atoms with Crippen LogP contribution in [-0.2, 0) is 0 Å². The van der Waals surface area contributed by atoms with Crippen molar-refractivity contribution in [1.82, 2.24) is 0 Å². The van der Waals surface area contributed by atoms with Crippen LogP contribution in [0.5, 0.6) is 0 Å². The molecule has 258 valence electrons. The standard InChI is InChI=1S/C52H33NS2/c1-2-13-35(14-3-1)42-28-26-40(38-25-24-34-12-4-5-15-36(34)30-38)33-47(42)53(46-20-11-23-51-52(46)44-19-7-9-22-49(44)55-51)41-17-10-16-37(31-41)39-27-29-50-45(32-39)43-18-6-8-21-48(43)54-50/h1-33H. The van der Waals surface area contributed by atoms with Crippen molar-refractivity contribution in [2.24, 2.45) is 0 Å². The van der Waals surface area contributed by atoms with Gasteiger partial charge in [0, 0.05) is 51.6 Å². The summed E-state index contributed by atoms with van der Waals surface area (Å²) in [6.45, 7) is 0. The van der Waals surface area contributed by atoms with Crippen molar-refractivity contribution in [3.05, 3.63) is 200 Å². The van der Waals surface area contributed by atoms with Gasteiger partial charge >= 0.3 is 0 Å². The van der Waals surface area contributed by atoms with Gasteiger partial charge in [-0.15, -0.1) is 22.7 Å². The number of anilines is 3. The Bertz CT molecular complexity index is 3220. The average molecular weight is 736 g/mol. The third-order valence-corrected chi connectivity index (χ3v) is 13.1. The molecule has 0 bridgehead atoms. The monoisotopic (exact) mass is 735 g/mol. The lowest BCUT2D eigenvalue weighted by Crippen LogP contribution is -2.12. The summed E-state index contributed by atoms with van der Waals surface area (Å²) in [5.41, 5.74) is 10.6. The van der Waals surface area contributed by atoms with Crippen molar-refractivity contribution in [3.8, 4) is 33.4 Å². The smallest absolute Gasteiger partial charge is 0.0555 e. The van der Waals surface area contributed by atoms with Gasteiger partial charge in [-0.3, -0.25) is 0 Å². The molecular weight excluding hydrogens is 703 g/mol. The van der Waals surface area contributed by atoms with Crippen LogP contribution in [0.25, 0.3) is 84.5 Å². The highest BCUT2D eigenvalue weighted by Crippen LogP contribution is 2.49. The molecule has 0 N–H and O–H groups in total. The van der Waals surface area contributed by atoms with Gasteiger partial charge in [0.2, 0.25) is 0 Å². The minimum atomic E-state index is 1.11. The van der Waals surface area contributed by atoms with Crippen molar-refractivity contribution in [2.75, 3.05) is 4.90 Å². The number of benzene rings is 9. The number of hydrogen-bond donors (Lipinski definition) is 0. The van der Waals surface area contributed by atoms with E-state index >= 15 is 0 Å². The SMILES string of the molecule is c1ccc(-c2ccc(-c3ccc4ccccc4c3)cc2N(c2cccc(-c3ccc4sc5ccccc5c4c3)c2)c2cccc3sc4ccccc4c23)cc1. The Labute approximate surface area is 327 Å². The molecule has 11 aromatic rings. The van der Waals surface area contributed by atoms with Gasteiger partial charge in [0.15, 0.2) is 0 Å². The summed E-state index contributed by atoms with van der Waals surface area (Å²) < 4.78 is 5.21. The quantitative estimate of drug-likeness (QED) is 0.164. The second-order valence-electron chi connectivity index (χ2n) is 14.1. The lowest BCUT2D eigenvalue weighted by Gasteiger charge is -2.30. The number of nitrogens with zero attached hydrogens (tertiary/aromatic N) is 1. The number of fused-ring (bicyclic) bond motifs is 7. The number of rotatable bonds is 6. The second-order valence-corrected chi connectivity index (χ2v) is 16.3. The molecule has 0 fully saturated rings. The number of thiophene rings is 2. The van der Waals surface area contributed by atoms with Gasteiger partial charge in [0.25, 0.3) is 0 Å². The Hall–Kier alpha value is -6.52. The van der Waals surface area contributed by atoms with Crippen LogP contribution in [-0.4, -0.2) is 0 Å². The molecule has 0 saturated carbocycles. The molecule has 2 heterocycles. The minimum Gasteiger partial charge on any atom is -0.309 e. The highest BCUT2D eigenvalue weighted by molar-refractivity contribution is 7.26. The van der Waals surface area contributed by atoms with Gasteiger partial charge in [-0.05, 0) is 99.3 Å². The Kier molecular flexibility index (Phi) is 7.61. The molecule has 0 atom stereocenters. The zero-order valence-corrected chi connectivity index (χ0v) is 31.4. The van der Waals surface area contributed by atoms with E-state index in [0.29, 0.717) is 0 Å². The molecule has 1 nitrogen and oxygen atoms in total. The maximum Gasteiger partial charge on any atom is 0.0555 e. The van der Waals surface area contributed by atoms with Gasteiger partial charge in [-0.2, -0.15) is 0 Å². The molecule has 3 heteroatoms.